The summed E-state index contributed by atoms with van der Waals surface area (Å²) in [5.74, 6) is 0.0911. The number of ether oxygens (including phenoxy) is 3. The molecule has 31 heavy (non-hydrogen) atoms. The van der Waals surface area contributed by atoms with E-state index in [2.05, 4.69) is 10.3 Å². The molecule has 2 aromatic rings. The number of aliphatic hydroxyl groups is 1. The number of anilines is 1. The highest BCUT2D eigenvalue weighted by Gasteiger charge is 2.29. The normalized spacial score (nSPS) is 15.7. The van der Waals surface area contributed by atoms with Crippen LogP contribution in [0.15, 0.2) is 24.3 Å². The first-order valence-electron chi connectivity index (χ1n) is 10.6. The van der Waals surface area contributed by atoms with Crippen LogP contribution in [0.4, 0.5) is 5.69 Å². The van der Waals surface area contributed by atoms with Gasteiger partial charge in [-0.05, 0) is 30.5 Å². The lowest BCUT2D eigenvalue weighted by molar-refractivity contribution is -0.123. The Morgan fingerprint density at radius 1 is 1.32 bits per heavy atom. The predicted molar refractivity (Wildman–Crippen MR) is 118 cm³/mol. The van der Waals surface area contributed by atoms with Crippen LogP contribution < -0.4 is 10.1 Å². The molecule has 2 N–H and O–H groups in total. The number of benzene rings is 1. The standard InChI is InChI=1S/C24H32N2O5/c1-7-17-14(2)25-21(29-6)19(26-23(28)24(3,4)5)18(17)20(27)15-9-8-10-16(13-15)22-30-11-12-31-22/h8-10,13,20,22,27H,7,11-12H2,1-6H3,(H,26,28). The maximum Gasteiger partial charge on any atom is 0.238 e. The van der Waals surface area contributed by atoms with Gasteiger partial charge >= 0.3 is 0 Å². The third-order valence-corrected chi connectivity index (χ3v) is 5.37. The molecule has 7 nitrogen and oxygen atoms in total. The van der Waals surface area contributed by atoms with Crippen molar-refractivity contribution >= 4 is 11.6 Å². The number of methoxy groups -OCH3 is 1. The van der Waals surface area contributed by atoms with E-state index in [0.717, 1.165) is 16.8 Å². The maximum atomic E-state index is 12.8. The summed E-state index contributed by atoms with van der Waals surface area (Å²) in [7, 11) is 1.51. The minimum atomic E-state index is -0.998. The summed E-state index contributed by atoms with van der Waals surface area (Å²) in [4.78, 5) is 17.3. The molecule has 7 heteroatoms. The smallest absolute Gasteiger partial charge is 0.238 e. The SMILES string of the molecule is CCc1c(C)nc(OC)c(NC(=O)C(C)(C)C)c1C(O)c1cccc(C2OCCO2)c1. The molecule has 0 aliphatic carbocycles. The van der Waals surface area contributed by atoms with Gasteiger partial charge in [0.25, 0.3) is 0 Å². The first-order valence-corrected chi connectivity index (χ1v) is 10.6. The summed E-state index contributed by atoms with van der Waals surface area (Å²) in [5, 5.41) is 14.5. The lowest BCUT2D eigenvalue weighted by atomic mass is 9.91. The Balaban J connectivity index is 2.12. The van der Waals surface area contributed by atoms with E-state index in [4.69, 9.17) is 14.2 Å². The number of pyridine rings is 1. The molecule has 1 aliphatic rings. The van der Waals surface area contributed by atoms with Crippen LogP contribution >= 0.6 is 0 Å². The van der Waals surface area contributed by atoms with E-state index in [0.29, 0.717) is 36.4 Å². The molecule has 0 spiro atoms. The van der Waals surface area contributed by atoms with Crippen molar-refractivity contribution in [1.29, 1.82) is 0 Å². The Bertz CT molecular complexity index is 946. The van der Waals surface area contributed by atoms with Crippen LogP contribution in [-0.2, 0) is 20.7 Å². The fourth-order valence-corrected chi connectivity index (χ4v) is 3.65. The molecule has 1 aromatic carbocycles. The van der Waals surface area contributed by atoms with Crippen molar-refractivity contribution < 1.29 is 24.1 Å². The highest BCUT2D eigenvalue weighted by Crippen LogP contribution is 2.40. The number of amides is 1. The van der Waals surface area contributed by atoms with E-state index in [1.54, 1.807) is 0 Å². The molecule has 2 heterocycles. The Labute approximate surface area is 183 Å². The number of hydrogen-bond donors (Lipinski definition) is 2. The average molecular weight is 429 g/mol. The van der Waals surface area contributed by atoms with Gasteiger partial charge in [-0.1, -0.05) is 45.9 Å². The number of aliphatic hydroxyl groups excluding tert-OH is 1. The number of aryl methyl sites for hydroxylation is 1. The van der Waals surface area contributed by atoms with Crippen molar-refractivity contribution in [1.82, 2.24) is 4.98 Å². The van der Waals surface area contributed by atoms with Crippen molar-refractivity contribution in [2.24, 2.45) is 5.41 Å². The fraction of sp³-hybridized carbons (Fsp3) is 0.500. The van der Waals surface area contributed by atoms with Gasteiger partial charge in [0.2, 0.25) is 11.8 Å². The van der Waals surface area contributed by atoms with Crippen LogP contribution in [-0.4, -0.2) is 36.3 Å². The molecule has 3 rings (SSSR count). The molecule has 1 unspecified atom stereocenters. The lowest BCUT2D eigenvalue weighted by Gasteiger charge is -2.26. The molecule has 1 atom stereocenters. The number of nitrogens with one attached hydrogen (secondary N) is 1. The van der Waals surface area contributed by atoms with Crippen LogP contribution in [0.5, 0.6) is 5.88 Å². The zero-order valence-corrected chi connectivity index (χ0v) is 19.1. The summed E-state index contributed by atoms with van der Waals surface area (Å²) < 4.78 is 16.7. The minimum absolute atomic E-state index is 0.187. The van der Waals surface area contributed by atoms with Crippen molar-refractivity contribution in [3.63, 3.8) is 0 Å². The van der Waals surface area contributed by atoms with Crippen molar-refractivity contribution in [2.75, 3.05) is 25.6 Å². The second-order valence-corrected chi connectivity index (χ2v) is 8.68. The third kappa shape index (κ3) is 4.89. The van der Waals surface area contributed by atoms with E-state index in [1.165, 1.54) is 7.11 Å². The van der Waals surface area contributed by atoms with Crippen molar-refractivity contribution in [3.05, 3.63) is 52.2 Å². The molecule has 1 aromatic heterocycles. The molecule has 1 amide bonds. The van der Waals surface area contributed by atoms with Gasteiger partial charge in [0.15, 0.2) is 6.29 Å². The quantitative estimate of drug-likeness (QED) is 0.721. The minimum Gasteiger partial charge on any atom is -0.479 e. The number of nitrogens with zero attached hydrogens (tertiary/aromatic N) is 1. The van der Waals surface area contributed by atoms with Crippen molar-refractivity contribution in [3.8, 4) is 5.88 Å². The number of carbonyl (C=O) groups excluding carboxylic acids is 1. The van der Waals surface area contributed by atoms with E-state index in [-0.39, 0.29) is 11.8 Å². The van der Waals surface area contributed by atoms with Gasteiger partial charge in [-0.3, -0.25) is 4.79 Å². The van der Waals surface area contributed by atoms with Crippen LogP contribution in [0.2, 0.25) is 0 Å². The molecule has 1 saturated heterocycles. The Hall–Kier alpha value is -2.48. The van der Waals surface area contributed by atoms with Gasteiger partial charge < -0.3 is 24.6 Å². The number of rotatable bonds is 6. The maximum absolute atomic E-state index is 12.8. The fourth-order valence-electron chi connectivity index (χ4n) is 3.65. The van der Waals surface area contributed by atoms with E-state index in [1.807, 2.05) is 58.9 Å². The summed E-state index contributed by atoms with van der Waals surface area (Å²) in [6, 6.07) is 7.49. The zero-order chi connectivity index (χ0) is 22.8. The topological polar surface area (TPSA) is 89.9 Å². The Morgan fingerprint density at radius 3 is 2.58 bits per heavy atom. The average Bonchev–Trinajstić information content (AvgIpc) is 3.28. The number of carbonyl (C=O) groups is 1. The molecule has 1 fully saturated rings. The van der Waals surface area contributed by atoms with Gasteiger partial charge in [-0.25, -0.2) is 4.98 Å². The molecule has 0 saturated carbocycles. The number of aromatic nitrogens is 1. The number of hydrogen-bond acceptors (Lipinski definition) is 6. The molecular formula is C24H32N2O5. The monoisotopic (exact) mass is 428 g/mol. The van der Waals surface area contributed by atoms with Gasteiger partial charge in [-0.15, -0.1) is 0 Å². The molecule has 1 aliphatic heterocycles. The zero-order valence-electron chi connectivity index (χ0n) is 19.1. The van der Waals surface area contributed by atoms with E-state index in [9.17, 15) is 9.90 Å². The van der Waals surface area contributed by atoms with Crippen LogP contribution in [0.25, 0.3) is 0 Å². The molecular weight excluding hydrogens is 396 g/mol. The van der Waals surface area contributed by atoms with Crippen LogP contribution in [0.3, 0.4) is 0 Å². The first-order chi connectivity index (χ1) is 14.7. The summed E-state index contributed by atoms with van der Waals surface area (Å²) >= 11 is 0. The van der Waals surface area contributed by atoms with Gasteiger partial charge in [0.05, 0.1) is 20.3 Å². The highest BCUT2D eigenvalue weighted by atomic mass is 16.7. The Morgan fingerprint density at radius 2 is 2.00 bits per heavy atom. The van der Waals surface area contributed by atoms with Crippen LogP contribution in [0.1, 0.15) is 68.0 Å². The molecule has 0 radical (unpaired) electrons. The van der Waals surface area contributed by atoms with Crippen molar-refractivity contribution in [2.45, 2.75) is 53.4 Å². The second-order valence-electron chi connectivity index (χ2n) is 8.68. The summed E-state index contributed by atoms with van der Waals surface area (Å²) in [5.41, 5.74) is 3.50. The lowest BCUT2D eigenvalue weighted by Crippen LogP contribution is -2.29. The molecule has 168 valence electrons. The largest absolute Gasteiger partial charge is 0.479 e. The van der Waals surface area contributed by atoms with Gasteiger partial charge in [0.1, 0.15) is 11.8 Å². The Kier molecular flexibility index (Phi) is 6.99. The predicted octanol–water partition coefficient (Wildman–Crippen LogP) is 4.07. The van der Waals surface area contributed by atoms with E-state index < -0.39 is 17.8 Å². The highest BCUT2D eigenvalue weighted by molar-refractivity contribution is 5.96. The third-order valence-electron chi connectivity index (χ3n) is 5.37. The van der Waals surface area contributed by atoms with E-state index >= 15 is 0 Å². The second kappa shape index (κ2) is 9.34. The van der Waals surface area contributed by atoms with Gasteiger partial charge in [0, 0.05) is 22.2 Å². The molecule has 0 bridgehead atoms. The van der Waals surface area contributed by atoms with Gasteiger partial charge in [-0.2, -0.15) is 0 Å². The first kappa shape index (κ1) is 23.2. The summed E-state index contributed by atoms with van der Waals surface area (Å²) in [6.07, 6.45) is -0.795. The summed E-state index contributed by atoms with van der Waals surface area (Å²) in [6.45, 7) is 10.5. The van der Waals surface area contributed by atoms with Crippen LogP contribution in [0, 0.1) is 12.3 Å².